The highest BCUT2D eigenvalue weighted by Crippen LogP contribution is 2.45. The zero-order valence-corrected chi connectivity index (χ0v) is 22.6. The highest BCUT2D eigenvalue weighted by molar-refractivity contribution is 8.14. The first kappa shape index (κ1) is 26.9. The van der Waals surface area contributed by atoms with E-state index in [9.17, 15) is 9.90 Å². The average molecular weight is 535 g/mol. The lowest BCUT2D eigenvalue weighted by molar-refractivity contribution is -0.950. The van der Waals surface area contributed by atoms with Crippen LogP contribution in [0.15, 0.2) is 107 Å². The molecule has 5 rings (SSSR count). The third-order valence-electron chi connectivity index (χ3n) is 6.68. The van der Waals surface area contributed by atoms with Gasteiger partial charge in [0.25, 0.3) is 11.8 Å². The molecular formula is C29H31ClN4O2S. The molecule has 2 aliphatic rings. The van der Waals surface area contributed by atoms with Gasteiger partial charge in [0.1, 0.15) is 11.4 Å². The SMILES string of the molecule is CC1=C(C(=O)Nc2ccccc2)C(c2ccccc2)N2C(=N1)SCC2(O)[NH+](c1ccccc1)C(C)C.[Cl-]. The number of para-hydroxylation sites is 2. The quantitative estimate of drug-likeness (QED) is 0.417. The molecule has 3 aromatic rings. The predicted octanol–water partition coefficient (Wildman–Crippen LogP) is 1.33. The number of rotatable bonds is 6. The fourth-order valence-electron chi connectivity index (χ4n) is 5.21. The minimum Gasteiger partial charge on any atom is -1.00 e. The van der Waals surface area contributed by atoms with Gasteiger partial charge in [-0.25, -0.2) is 4.99 Å². The number of nitrogens with one attached hydrogen (secondary N) is 2. The number of aliphatic imine (C=N–C) groups is 1. The molecule has 1 saturated heterocycles. The van der Waals surface area contributed by atoms with Crippen molar-refractivity contribution < 1.29 is 27.2 Å². The van der Waals surface area contributed by atoms with Crippen LogP contribution < -0.4 is 22.6 Å². The van der Waals surface area contributed by atoms with Crippen LogP contribution in [-0.4, -0.2) is 38.7 Å². The molecule has 0 aromatic heterocycles. The number of carbonyl (C=O) groups is 1. The second kappa shape index (κ2) is 11.1. The normalized spacial score (nSPS) is 21.7. The van der Waals surface area contributed by atoms with Crippen LogP contribution >= 0.6 is 11.8 Å². The van der Waals surface area contributed by atoms with E-state index in [-0.39, 0.29) is 24.4 Å². The van der Waals surface area contributed by atoms with Gasteiger partial charge in [-0.05, 0) is 50.6 Å². The number of hydrogen-bond acceptors (Lipinski definition) is 5. The highest BCUT2D eigenvalue weighted by atomic mass is 35.5. The van der Waals surface area contributed by atoms with Crippen molar-refractivity contribution in [3.8, 4) is 0 Å². The summed E-state index contributed by atoms with van der Waals surface area (Å²) in [4.78, 5) is 21.5. The van der Waals surface area contributed by atoms with Crippen molar-refractivity contribution in [2.75, 3.05) is 11.1 Å². The summed E-state index contributed by atoms with van der Waals surface area (Å²) in [6, 6.07) is 29.0. The third-order valence-corrected chi connectivity index (χ3v) is 7.77. The number of thioether (sulfide) groups is 1. The Morgan fingerprint density at radius 1 is 1.03 bits per heavy atom. The number of amidine groups is 1. The minimum absolute atomic E-state index is 0. The molecule has 3 N–H and O–H groups in total. The average Bonchev–Trinajstić information content (AvgIpc) is 3.21. The van der Waals surface area contributed by atoms with Crippen LogP contribution in [0.25, 0.3) is 0 Å². The van der Waals surface area contributed by atoms with Crippen LogP contribution in [0.1, 0.15) is 32.4 Å². The van der Waals surface area contributed by atoms with Gasteiger partial charge in [-0.3, -0.25) is 14.6 Å². The van der Waals surface area contributed by atoms with Crippen molar-refractivity contribution in [3.63, 3.8) is 0 Å². The Morgan fingerprint density at radius 3 is 2.19 bits per heavy atom. The van der Waals surface area contributed by atoms with E-state index in [2.05, 4.69) is 19.2 Å². The zero-order chi connectivity index (χ0) is 25.3. The largest absolute Gasteiger partial charge is 1.00 e. The molecule has 1 fully saturated rings. The summed E-state index contributed by atoms with van der Waals surface area (Å²) in [5.74, 6) is -1.11. The maximum atomic E-state index is 13.8. The Bertz CT molecular complexity index is 1300. The van der Waals surface area contributed by atoms with E-state index in [1.165, 1.54) is 11.8 Å². The smallest absolute Gasteiger partial charge is 0.300 e. The van der Waals surface area contributed by atoms with Crippen molar-refractivity contribution in [1.82, 2.24) is 4.90 Å². The Balaban J connectivity index is 0.00000320. The molecule has 0 aliphatic carbocycles. The van der Waals surface area contributed by atoms with E-state index in [1.54, 1.807) is 0 Å². The van der Waals surface area contributed by atoms with Gasteiger partial charge in [0.2, 0.25) is 0 Å². The summed E-state index contributed by atoms with van der Waals surface area (Å²) in [6.07, 6.45) is 0. The Hall–Kier alpha value is -3.10. The fraction of sp³-hybridized carbons (Fsp3) is 0.241. The number of halogens is 1. The van der Waals surface area contributed by atoms with E-state index in [0.717, 1.165) is 21.3 Å². The predicted molar refractivity (Wildman–Crippen MR) is 146 cm³/mol. The molecular weight excluding hydrogens is 504 g/mol. The van der Waals surface area contributed by atoms with E-state index in [4.69, 9.17) is 4.99 Å². The molecule has 0 saturated carbocycles. The second-order valence-electron chi connectivity index (χ2n) is 9.44. The second-order valence-corrected chi connectivity index (χ2v) is 10.4. The molecule has 3 unspecified atom stereocenters. The molecule has 37 heavy (non-hydrogen) atoms. The van der Waals surface area contributed by atoms with Crippen LogP contribution in [0.3, 0.4) is 0 Å². The van der Waals surface area contributed by atoms with Crippen LogP contribution in [0.2, 0.25) is 0 Å². The van der Waals surface area contributed by atoms with Crippen molar-refractivity contribution >= 4 is 34.2 Å². The lowest BCUT2D eigenvalue weighted by atomic mass is 9.92. The molecule has 3 aromatic carbocycles. The van der Waals surface area contributed by atoms with Gasteiger partial charge >= 0.3 is 0 Å². The summed E-state index contributed by atoms with van der Waals surface area (Å²) in [6.45, 7) is 6.08. The molecule has 2 aliphatic heterocycles. The number of amides is 1. The first-order valence-corrected chi connectivity index (χ1v) is 13.2. The van der Waals surface area contributed by atoms with Gasteiger partial charge in [0, 0.05) is 5.69 Å². The molecule has 8 heteroatoms. The first-order chi connectivity index (χ1) is 17.4. The fourth-order valence-corrected chi connectivity index (χ4v) is 6.44. The number of aliphatic hydroxyl groups is 1. The number of quaternary nitrogens is 1. The van der Waals surface area contributed by atoms with Crippen molar-refractivity contribution in [2.24, 2.45) is 4.99 Å². The van der Waals surface area contributed by atoms with Gasteiger partial charge in [0.15, 0.2) is 5.17 Å². The number of benzene rings is 3. The lowest BCUT2D eigenvalue weighted by Crippen LogP contribution is -3.21. The number of fused-ring (bicyclic) bond motifs is 1. The lowest BCUT2D eigenvalue weighted by Gasteiger charge is -2.46. The van der Waals surface area contributed by atoms with E-state index in [0.29, 0.717) is 22.7 Å². The minimum atomic E-state index is -1.32. The van der Waals surface area contributed by atoms with Crippen LogP contribution in [-0.2, 0) is 4.79 Å². The number of anilines is 1. The first-order valence-electron chi connectivity index (χ1n) is 12.2. The zero-order valence-electron chi connectivity index (χ0n) is 21.1. The summed E-state index contributed by atoms with van der Waals surface area (Å²) in [7, 11) is 0. The summed E-state index contributed by atoms with van der Waals surface area (Å²) >= 11 is 1.53. The number of nitrogens with zero attached hydrogens (tertiary/aromatic N) is 2. The Morgan fingerprint density at radius 2 is 1.59 bits per heavy atom. The highest BCUT2D eigenvalue weighted by Gasteiger charge is 2.58. The topological polar surface area (TPSA) is 69.4 Å². The van der Waals surface area contributed by atoms with E-state index < -0.39 is 11.9 Å². The maximum absolute atomic E-state index is 13.8. The van der Waals surface area contributed by atoms with Crippen molar-refractivity contribution in [3.05, 3.63) is 108 Å². The van der Waals surface area contributed by atoms with Gasteiger partial charge in [-0.1, -0.05) is 78.5 Å². The third kappa shape index (κ3) is 5.05. The molecule has 0 radical (unpaired) electrons. The summed E-state index contributed by atoms with van der Waals surface area (Å²) < 4.78 is 0. The van der Waals surface area contributed by atoms with Crippen LogP contribution in [0.5, 0.6) is 0 Å². The van der Waals surface area contributed by atoms with Gasteiger partial charge in [-0.15, -0.1) is 0 Å². The van der Waals surface area contributed by atoms with E-state index in [1.807, 2.05) is 103 Å². The monoisotopic (exact) mass is 534 g/mol. The molecule has 1 amide bonds. The van der Waals surface area contributed by atoms with E-state index >= 15 is 0 Å². The Kier molecular flexibility index (Phi) is 8.09. The van der Waals surface area contributed by atoms with Crippen molar-refractivity contribution in [2.45, 2.75) is 38.7 Å². The standard InChI is InChI=1S/C29H30N4O2S.ClH/c1-20(2)32(24-17-11-6-12-18-24)29(35)19-36-28-30-21(3)25(27(34)31-23-15-9-5-10-16-23)26(33(28)29)22-13-7-4-8-14-22;/h4-18,20,26,35H,19H2,1-3H3,(H,31,34);1H. The van der Waals surface area contributed by atoms with Crippen molar-refractivity contribution in [1.29, 1.82) is 0 Å². The maximum Gasteiger partial charge on any atom is 0.300 e. The van der Waals surface area contributed by atoms with Gasteiger partial charge in [0.05, 0.1) is 23.4 Å². The van der Waals surface area contributed by atoms with Gasteiger partial charge < -0.3 is 22.8 Å². The molecule has 6 nitrogen and oxygen atoms in total. The van der Waals surface area contributed by atoms with Gasteiger partial charge in [-0.2, -0.15) is 0 Å². The summed E-state index contributed by atoms with van der Waals surface area (Å²) in [5, 5.41) is 16.3. The molecule has 0 spiro atoms. The Labute approximate surface area is 228 Å². The number of hydrogen-bond donors (Lipinski definition) is 3. The molecule has 2 heterocycles. The van der Waals surface area contributed by atoms with Crippen LogP contribution in [0.4, 0.5) is 11.4 Å². The van der Waals surface area contributed by atoms with Crippen LogP contribution in [0, 0.1) is 0 Å². The number of carbonyl (C=O) groups excluding carboxylic acids is 1. The number of allylic oxidation sites excluding steroid dienone is 1. The molecule has 192 valence electrons. The molecule has 0 bridgehead atoms. The molecule has 3 atom stereocenters. The summed E-state index contributed by atoms with van der Waals surface area (Å²) in [5.41, 5.74) is 3.83.